The van der Waals surface area contributed by atoms with Crippen molar-refractivity contribution in [3.05, 3.63) is 29.8 Å². The molecule has 0 spiro atoms. The molecular formula is C14H18F2N2O. The molecule has 1 fully saturated rings. The number of carbonyl (C=O) groups is 1. The normalized spacial score (nSPS) is 22.8. The number of halogens is 2. The molecule has 2 N–H and O–H groups in total. The molecule has 104 valence electrons. The van der Waals surface area contributed by atoms with Crippen molar-refractivity contribution in [2.75, 3.05) is 18.4 Å². The molecule has 1 aliphatic rings. The summed E-state index contributed by atoms with van der Waals surface area (Å²) in [6, 6.07) is 3.03. The van der Waals surface area contributed by atoms with Gasteiger partial charge in [-0.2, -0.15) is 0 Å². The van der Waals surface area contributed by atoms with Crippen molar-refractivity contribution in [3.63, 3.8) is 0 Å². The zero-order valence-electron chi connectivity index (χ0n) is 11.1. The standard InChI is InChI=1S/C14H18F2N2O/c1-9(2)14(3-4-17-8-14)13(19)18-12-6-10(15)5-11(16)7-12/h5-7,9,17H,3-4,8H2,1-2H3,(H,18,19). The quantitative estimate of drug-likeness (QED) is 0.884. The third kappa shape index (κ3) is 2.76. The van der Waals surface area contributed by atoms with Crippen molar-refractivity contribution < 1.29 is 13.6 Å². The Hall–Kier alpha value is -1.49. The van der Waals surface area contributed by atoms with E-state index in [0.717, 1.165) is 31.2 Å². The number of benzene rings is 1. The van der Waals surface area contributed by atoms with Crippen LogP contribution in [0.2, 0.25) is 0 Å². The van der Waals surface area contributed by atoms with E-state index in [0.29, 0.717) is 6.54 Å². The maximum Gasteiger partial charge on any atom is 0.232 e. The summed E-state index contributed by atoms with van der Waals surface area (Å²) in [5.74, 6) is -1.42. The zero-order valence-corrected chi connectivity index (χ0v) is 11.1. The monoisotopic (exact) mass is 268 g/mol. The van der Waals surface area contributed by atoms with Crippen LogP contribution in [0.4, 0.5) is 14.5 Å². The molecular weight excluding hydrogens is 250 g/mol. The molecule has 1 aromatic carbocycles. The maximum atomic E-state index is 13.1. The van der Waals surface area contributed by atoms with Gasteiger partial charge in [-0.25, -0.2) is 8.78 Å². The molecule has 1 saturated heterocycles. The lowest BCUT2D eigenvalue weighted by Crippen LogP contribution is -2.42. The molecule has 3 nitrogen and oxygen atoms in total. The van der Waals surface area contributed by atoms with Gasteiger partial charge in [0.05, 0.1) is 5.41 Å². The summed E-state index contributed by atoms with van der Waals surface area (Å²) < 4.78 is 26.2. The van der Waals surface area contributed by atoms with E-state index >= 15 is 0 Å². The van der Waals surface area contributed by atoms with E-state index in [1.54, 1.807) is 0 Å². The third-order valence-electron chi connectivity index (χ3n) is 3.87. The number of carbonyl (C=O) groups excluding carboxylic acids is 1. The number of anilines is 1. The van der Waals surface area contributed by atoms with Gasteiger partial charge in [0.1, 0.15) is 11.6 Å². The first-order chi connectivity index (χ1) is 8.94. The second-order valence-corrected chi connectivity index (χ2v) is 5.35. The molecule has 1 heterocycles. The lowest BCUT2D eigenvalue weighted by molar-refractivity contribution is -0.126. The molecule has 0 saturated carbocycles. The average molecular weight is 268 g/mol. The van der Waals surface area contributed by atoms with E-state index in [4.69, 9.17) is 0 Å². The lowest BCUT2D eigenvalue weighted by Gasteiger charge is -2.31. The number of rotatable bonds is 3. The van der Waals surface area contributed by atoms with Crippen LogP contribution in [-0.2, 0) is 4.79 Å². The van der Waals surface area contributed by atoms with Gasteiger partial charge < -0.3 is 10.6 Å². The van der Waals surface area contributed by atoms with Crippen molar-refractivity contribution in [3.8, 4) is 0 Å². The van der Waals surface area contributed by atoms with Crippen LogP contribution in [0, 0.1) is 23.0 Å². The first-order valence-corrected chi connectivity index (χ1v) is 6.42. The Balaban J connectivity index is 2.20. The van der Waals surface area contributed by atoms with E-state index in [9.17, 15) is 13.6 Å². The SMILES string of the molecule is CC(C)C1(C(=O)Nc2cc(F)cc(F)c2)CCNC1. The highest BCUT2D eigenvalue weighted by molar-refractivity contribution is 5.96. The molecule has 1 unspecified atom stereocenters. The van der Waals surface area contributed by atoms with Gasteiger partial charge >= 0.3 is 0 Å². The van der Waals surface area contributed by atoms with Gasteiger partial charge in [-0.05, 0) is 31.0 Å². The lowest BCUT2D eigenvalue weighted by atomic mass is 9.75. The Bertz CT molecular complexity index is 462. The third-order valence-corrected chi connectivity index (χ3v) is 3.87. The number of hydrogen-bond acceptors (Lipinski definition) is 2. The molecule has 1 amide bonds. The fraction of sp³-hybridized carbons (Fsp3) is 0.500. The van der Waals surface area contributed by atoms with Crippen molar-refractivity contribution in [1.82, 2.24) is 5.32 Å². The molecule has 1 aromatic rings. The van der Waals surface area contributed by atoms with Gasteiger partial charge in [0, 0.05) is 18.3 Å². The van der Waals surface area contributed by atoms with Gasteiger partial charge in [0.2, 0.25) is 5.91 Å². The molecule has 0 aliphatic carbocycles. The smallest absolute Gasteiger partial charge is 0.232 e. The molecule has 1 aliphatic heterocycles. The largest absolute Gasteiger partial charge is 0.325 e. The van der Waals surface area contributed by atoms with Crippen molar-refractivity contribution in [2.45, 2.75) is 20.3 Å². The van der Waals surface area contributed by atoms with Crippen LogP contribution in [0.5, 0.6) is 0 Å². The minimum Gasteiger partial charge on any atom is -0.325 e. The summed E-state index contributed by atoms with van der Waals surface area (Å²) in [7, 11) is 0. The minimum absolute atomic E-state index is 0.154. The molecule has 0 radical (unpaired) electrons. The first-order valence-electron chi connectivity index (χ1n) is 6.42. The highest BCUT2D eigenvalue weighted by atomic mass is 19.1. The van der Waals surface area contributed by atoms with Crippen LogP contribution in [0.1, 0.15) is 20.3 Å². The van der Waals surface area contributed by atoms with Crippen molar-refractivity contribution in [1.29, 1.82) is 0 Å². The van der Waals surface area contributed by atoms with E-state index in [1.165, 1.54) is 0 Å². The second-order valence-electron chi connectivity index (χ2n) is 5.35. The Morgan fingerprint density at radius 3 is 2.42 bits per heavy atom. The number of amides is 1. The van der Waals surface area contributed by atoms with E-state index < -0.39 is 17.0 Å². The van der Waals surface area contributed by atoms with Gasteiger partial charge in [-0.3, -0.25) is 4.79 Å². The molecule has 19 heavy (non-hydrogen) atoms. The van der Waals surface area contributed by atoms with Gasteiger partial charge in [-0.1, -0.05) is 13.8 Å². The average Bonchev–Trinajstić information content (AvgIpc) is 2.77. The van der Waals surface area contributed by atoms with Crippen molar-refractivity contribution >= 4 is 11.6 Å². The van der Waals surface area contributed by atoms with Crippen LogP contribution >= 0.6 is 0 Å². The second kappa shape index (κ2) is 5.25. The van der Waals surface area contributed by atoms with Gasteiger partial charge in [0.25, 0.3) is 0 Å². The van der Waals surface area contributed by atoms with Gasteiger partial charge in [0.15, 0.2) is 0 Å². The Morgan fingerprint density at radius 2 is 1.95 bits per heavy atom. The molecule has 1 atom stereocenters. The first kappa shape index (κ1) is 13.9. The summed E-state index contributed by atoms with van der Waals surface area (Å²) in [5, 5.41) is 5.80. The molecule has 0 bridgehead atoms. The summed E-state index contributed by atoms with van der Waals surface area (Å²) >= 11 is 0. The van der Waals surface area contributed by atoms with Crippen LogP contribution in [0.3, 0.4) is 0 Å². The summed E-state index contributed by atoms with van der Waals surface area (Å²) in [4.78, 5) is 12.4. The Morgan fingerprint density at radius 1 is 1.32 bits per heavy atom. The minimum atomic E-state index is -0.696. The maximum absolute atomic E-state index is 13.1. The Kier molecular flexibility index (Phi) is 3.85. The van der Waals surface area contributed by atoms with Gasteiger partial charge in [-0.15, -0.1) is 0 Å². The molecule has 0 aromatic heterocycles. The fourth-order valence-corrected chi connectivity index (χ4v) is 2.54. The predicted octanol–water partition coefficient (Wildman–Crippen LogP) is 2.54. The van der Waals surface area contributed by atoms with Crippen molar-refractivity contribution in [2.24, 2.45) is 11.3 Å². The van der Waals surface area contributed by atoms with Crippen LogP contribution in [0.15, 0.2) is 18.2 Å². The van der Waals surface area contributed by atoms with E-state index in [-0.39, 0.29) is 17.5 Å². The highest BCUT2D eigenvalue weighted by Gasteiger charge is 2.43. The number of nitrogens with one attached hydrogen (secondary N) is 2. The molecule has 2 rings (SSSR count). The highest BCUT2D eigenvalue weighted by Crippen LogP contribution is 2.35. The fourth-order valence-electron chi connectivity index (χ4n) is 2.54. The van der Waals surface area contributed by atoms with Crippen LogP contribution < -0.4 is 10.6 Å². The van der Waals surface area contributed by atoms with Crippen LogP contribution in [-0.4, -0.2) is 19.0 Å². The zero-order chi connectivity index (χ0) is 14.0. The summed E-state index contributed by atoms with van der Waals surface area (Å²) in [6.07, 6.45) is 0.730. The van der Waals surface area contributed by atoms with Crippen LogP contribution in [0.25, 0.3) is 0 Å². The van der Waals surface area contributed by atoms with E-state index in [1.807, 2.05) is 13.8 Å². The Labute approximate surface area is 111 Å². The number of hydrogen-bond donors (Lipinski definition) is 2. The molecule has 5 heteroatoms. The topological polar surface area (TPSA) is 41.1 Å². The van der Waals surface area contributed by atoms with E-state index in [2.05, 4.69) is 10.6 Å². The summed E-state index contributed by atoms with van der Waals surface area (Å²) in [6.45, 7) is 5.34. The predicted molar refractivity (Wildman–Crippen MR) is 69.7 cm³/mol. The summed E-state index contributed by atoms with van der Waals surface area (Å²) in [5.41, 5.74) is -0.350.